The molecule has 0 saturated carbocycles. The lowest BCUT2D eigenvalue weighted by Crippen LogP contribution is -2.30. The van der Waals surface area contributed by atoms with E-state index in [0.29, 0.717) is 16.2 Å². The van der Waals surface area contributed by atoms with Crippen LogP contribution in [-0.4, -0.2) is 26.7 Å². The summed E-state index contributed by atoms with van der Waals surface area (Å²) in [7, 11) is 0. The first-order valence-electron chi connectivity index (χ1n) is 7.91. The molecule has 4 rings (SSSR count). The third-order valence-corrected chi connectivity index (χ3v) is 5.07. The first kappa shape index (κ1) is 16.3. The van der Waals surface area contributed by atoms with Crippen LogP contribution in [0.3, 0.4) is 0 Å². The summed E-state index contributed by atoms with van der Waals surface area (Å²) in [4.78, 5) is 31.7. The number of thiophene rings is 1. The first-order chi connectivity index (χ1) is 12.7. The maximum absolute atomic E-state index is 13.0. The van der Waals surface area contributed by atoms with Crippen molar-refractivity contribution in [2.24, 2.45) is 0 Å². The second kappa shape index (κ2) is 6.61. The summed E-state index contributed by atoms with van der Waals surface area (Å²) in [5, 5.41) is 12.3. The zero-order valence-electron chi connectivity index (χ0n) is 13.5. The highest BCUT2D eigenvalue weighted by Gasteiger charge is 2.44. The Morgan fingerprint density at radius 1 is 1.27 bits per heavy atom. The van der Waals surface area contributed by atoms with E-state index in [-0.39, 0.29) is 17.9 Å². The number of aliphatic hydroxyl groups excluding tert-OH is 1. The molecule has 26 heavy (non-hydrogen) atoms. The van der Waals surface area contributed by atoms with Crippen LogP contribution in [0.5, 0.6) is 0 Å². The molecule has 7 heteroatoms. The monoisotopic (exact) mass is 366 g/mol. The van der Waals surface area contributed by atoms with Crippen LogP contribution < -0.4 is 0 Å². The van der Waals surface area contributed by atoms with Gasteiger partial charge in [-0.2, -0.15) is 0 Å². The minimum atomic E-state index is -0.726. The fourth-order valence-electron chi connectivity index (χ4n) is 3.04. The second-order valence-corrected chi connectivity index (χ2v) is 6.72. The normalized spacial score (nSPS) is 17.2. The van der Waals surface area contributed by atoms with Gasteiger partial charge in [0.05, 0.1) is 29.3 Å². The van der Waals surface area contributed by atoms with Gasteiger partial charge in [-0.05, 0) is 35.2 Å². The number of ketones is 1. The summed E-state index contributed by atoms with van der Waals surface area (Å²) in [6.45, 7) is 0.136. The first-order valence-corrected chi connectivity index (χ1v) is 8.79. The van der Waals surface area contributed by atoms with Crippen LogP contribution in [0.25, 0.3) is 0 Å². The van der Waals surface area contributed by atoms with E-state index in [9.17, 15) is 14.7 Å². The summed E-state index contributed by atoms with van der Waals surface area (Å²) in [5.41, 5.74) is 0.716. The molecular formula is C19H14N2O4S. The molecule has 4 heterocycles. The molecular weight excluding hydrogens is 352 g/mol. The summed E-state index contributed by atoms with van der Waals surface area (Å²) in [6, 6.07) is 9.67. The zero-order valence-corrected chi connectivity index (χ0v) is 14.3. The molecule has 0 spiro atoms. The number of pyridine rings is 1. The van der Waals surface area contributed by atoms with Gasteiger partial charge in [0.2, 0.25) is 5.78 Å². The molecule has 1 N–H and O–H groups in total. The van der Waals surface area contributed by atoms with Crippen molar-refractivity contribution in [2.45, 2.75) is 12.6 Å². The van der Waals surface area contributed by atoms with Crippen LogP contribution in [0.15, 0.2) is 76.2 Å². The number of nitrogens with zero attached hydrogens (tertiary/aromatic N) is 2. The SMILES string of the molecule is O=C(C1=C(O)C(=O)N(Cc2ccco2)C1c1cccnc1)c1cccs1. The van der Waals surface area contributed by atoms with Crippen LogP contribution >= 0.6 is 11.3 Å². The van der Waals surface area contributed by atoms with Crippen molar-refractivity contribution in [1.29, 1.82) is 0 Å². The summed E-state index contributed by atoms with van der Waals surface area (Å²) in [5.74, 6) is -0.925. The lowest BCUT2D eigenvalue weighted by Gasteiger charge is -2.25. The van der Waals surface area contributed by atoms with Crippen LogP contribution in [-0.2, 0) is 11.3 Å². The lowest BCUT2D eigenvalue weighted by atomic mass is 9.96. The van der Waals surface area contributed by atoms with Crippen molar-refractivity contribution in [1.82, 2.24) is 9.88 Å². The smallest absolute Gasteiger partial charge is 0.290 e. The van der Waals surface area contributed by atoms with Crippen molar-refractivity contribution < 1.29 is 19.1 Å². The number of rotatable bonds is 5. The van der Waals surface area contributed by atoms with E-state index in [4.69, 9.17) is 4.42 Å². The lowest BCUT2D eigenvalue weighted by molar-refractivity contribution is -0.130. The highest BCUT2D eigenvalue weighted by molar-refractivity contribution is 7.12. The van der Waals surface area contributed by atoms with Crippen molar-refractivity contribution >= 4 is 23.0 Å². The van der Waals surface area contributed by atoms with Crippen molar-refractivity contribution in [3.8, 4) is 0 Å². The zero-order chi connectivity index (χ0) is 18.1. The molecule has 0 aliphatic carbocycles. The second-order valence-electron chi connectivity index (χ2n) is 5.77. The minimum Gasteiger partial charge on any atom is -0.503 e. The number of aliphatic hydroxyl groups is 1. The highest BCUT2D eigenvalue weighted by Crippen LogP contribution is 2.40. The number of Topliss-reactive ketones (excluding diaryl/α,β-unsaturated/α-hetero) is 1. The minimum absolute atomic E-state index is 0.0667. The molecule has 130 valence electrons. The van der Waals surface area contributed by atoms with E-state index in [2.05, 4.69) is 4.98 Å². The average Bonchev–Trinajstić information content (AvgIpc) is 3.40. The predicted molar refractivity (Wildman–Crippen MR) is 94.5 cm³/mol. The van der Waals surface area contributed by atoms with Crippen LogP contribution in [0.4, 0.5) is 0 Å². The van der Waals surface area contributed by atoms with Gasteiger partial charge in [0.15, 0.2) is 5.76 Å². The van der Waals surface area contributed by atoms with Crippen molar-refractivity contribution in [2.75, 3.05) is 0 Å². The molecule has 0 saturated heterocycles. The van der Waals surface area contributed by atoms with Crippen LogP contribution in [0.1, 0.15) is 27.0 Å². The van der Waals surface area contributed by atoms with Crippen LogP contribution in [0, 0.1) is 0 Å². The molecule has 0 aromatic carbocycles. The third-order valence-electron chi connectivity index (χ3n) is 4.20. The summed E-state index contributed by atoms with van der Waals surface area (Å²) in [6.07, 6.45) is 4.72. The molecule has 3 aromatic heterocycles. The fourth-order valence-corrected chi connectivity index (χ4v) is 3.72. The Labute approximate surface area is 153 Å². The van der Waals surface area contributed by atoms with E-state index in [1.807, 2.05) is 0 Å². The van der Waals surface area contributed by atoms with E-state index in [0.717, 1.165) is 0 Å². The Kier molecular flexibility index (Phi) is 4.14. The Balaban J connectivity index is 1.80. The van der Waals surface area contributed by atoms with Gasteiger partial charge in [-0.25, -0.2) is 0 Å². The quantitative estimate of drug-likeness (QED) is 0.699. The number of hydrogen-bond donors (Lipinski definition) is 1. The molecule has 1 atom stereocenters. The number of aromatic nitrogens is 1. The molecule has 1 aliphatic rings. The Morgan fingerprint density at radius 3 is 2.81 bits per heavy atom. The molecule has 1 unspecified atom stereocenters. The van der Waals surface area contributed by atoms with Gasteiger partial charge >= 0.3 is 0 Å². The van der Waals surface area contributed by atoms with Gasteiger partial charge in [-0.3, -0.25) is 14.6 Å². The van der Waals surface area contributed by atoms with Gasteiger partial charge in [0.25, 0.3) is 5.91 Å². The van der Waals surface area contributed by atoms with Gasteiger partial charge in [-0.1, -0.05) is 12.1 Å². The molecule has 0 fully saturated rings. The third kappa shape index (κ3) is 2.72. The van der Waals surface area contributed by atoms with Gasteiger partial charge in [0, 0.05) is 12.4 Å². The number of carbonyl (C=O) groups is 2. The number of carbonyl (C=O) groups excluding carboxylic acids is 2. The predicted octanol–water partition coefficient (Wildman–Crippen LogP) is 3.51. The Hall–Kier alpha value is -3.19. The number of amides is 1. The molecule has 0 radical (unpaired) electrons. The van der Waals surface area contributed by atoms with E-state index in [1.54, 1.807) is 54.2 Å². The maximum Gasteiger partial charge on any atom is 0.290 e. The molecule has 1 aliphatic heterocycles. The standard InChI is InChI=1S/C19H14N2O4S/c22-17(14-6-3-9-26-14)15-16(12-4-1-7-20-10-12)21(19(24)18(15)23)11-13-5-2-8-25-13/h1-10,16,23H,11H2. The molecule has 0 bridgehead atoms. The van der Waals surface area contributed by atoms with Crippen molar-refractivity contribution in [3.05, 3.63) is 88.0 Å². The number of hydrogen-bond acceptors (Lipinski definition) is 6. The van der Waals surface area contributed by atoms with Crippen LogP contribution in [0.2, 0.25) is 0 Å². The number of furan rings is 1. The maximum atomic E-state index is 13.0. The Bertz CT molecular complexity index is 962. The largest absolute Gasteiger partial charge is 0.503 e. The average molecular weight is 366 g/mol. The molecule has 6 nitrogen and oxygen atoms in total. The summed E-state index contributed by atoms with van der Waals surface area (Å²) < 4.78 is 5.34. The Morgan fingerprint density at radius 2 is 2.15 bits per heavy atom. The van der Waals surface area contributed by atoms with E-state index >= 15 is 0 Å². The van der Waals surface area contributed by atoms with Gasteiger partial charge in [0.1, 0.15) is 5.76 Å². The fraction of sp³-hybridized carbons (Fsp3) is 0.105. The van der Waals surface area contributed by atoms with E-state index < -0.39 is 17.7 Å². The van der Waals surface area contributed by atoms with Crippen molar-refractivity contribution in [3.63, 3.8) is 0 Å². The van der Waals surface area contributed by atoms with E-state index in [1.165, 1.54) is 22.5 Å². The molecule has 1 amide bonds. The van der Waals surface area contributed by atoms with Gasteiger partial charge < -0.3 is 14.4 Å². The molecule has 3 aromatic rings. The van der Waals surface area contributed by atoms with Gasteiger partial charge in [-0.15, -0.1) is 11.3 Å². The summed E-state index contributed by atoms with van der Waals surface area (Å²) >= 11 is 1.27. The highest BCUT2D eigenvalue weighted by atomic mass is 32.1. The topological polar surface area (TPSA) is 83.6 Å².